The lowest BCUT2D eigenvalue weighted by atomic mass is 10.3. The highest BCUT2D eigenvalue weighted by molar-refractivity contribution is 6.03. The monoisotopic (exact) mass is 343 g/mol. The Bertz CT molecular complexity index is 737. The molecule has 8 nitrogen and oxygen atoms in total. The lowest BCUT2D eigenvalue weighted by Gasteiger charge is -2.28. The van der Waals surface area contributed by atoms with Crippen LogP contribution in [0.15, 0.2) is 35.1 Å². The average molecular weight is 343 g/mol. The molecular weight excluding hydrogens is 322 g/mol. The lowest BCUT2D eigenvalue weighted by molar-refractivity contribution is -0.111. The molecule has 2 aromatic heterocycles. The number of ether oxygens (including phenoxy) is 1. The summed E-state index contributed by atoms with van der Waals surface area (Å²) < 4.78 is 10.5. The molecule has 0 radical (unpaired) electrons. The van der Waals surface area contributed by atoms with Crippen LogP contribution in [0.5, 0.6) is 0 Å². The van der Waals surface area contributed by atoms with Gasteiger partial charge in [0.1, 0.15) is 11.4 Å². The Morgan fingerprint density at radius 2 is 2.16 bits per heavy atom. The number of carbonyl (C=O) groups is 1. The van der Waals surface area contributed by atoms with Crippen molar-refractivity contribution in [2.45, 2.75) is 0 Å². The summed E-state index contributed by atoms with van der Waals surface area (Å²) >= 11 is 0. The van der Waals surface area contributed by atoms with E-state index in [1.54, 1.807) is 30.7 Å². The van der Waals surface area contributed by atoms with Crippen LogP contribution >= 0.6 is 0 Å². The molecule has 0 aliphatic carbocycles. The van der Waals surface area contributed by atoms with Gasteiger partial charge in [0, 0.05) is 33.3 Å². The fourth-order valence-electron chi connectivity index (χ4n) is 2.43. The minimum atomic E-state index is -0.276. The standard InChI is InChI=1S/C17H21N5O3/c1-21(2)16-14(19-15(23)6-5-13-4-3-9-25-13)12-18-17(20-16)22-7-10-24-11-8-22/h3-6,9,12H,7-8,10-11H2,1-2H3,(H,19,23)/b6-5+. The van der Waals surface area contributed by atoms with Crippen molar-refractivity contribution in [1.82, 2.24) is 9.97 Å². The van der Waals surface area contributed by atoms with Crippen molar-refractivity contribution in [2.75, 3.05) is 55.5 Å². The molecule has 0 spiro atoms. The van der Waals surface area contributed by atoms with Crippen LogP contribution in [0.4, 0.5) is 17.5 Å². The molecule has 0 aromatic carbocycles. The number of furan rings is 1. The highest BCUT2D eigenvalue weighted by Crippen LogP contribution is 2.24. The van der Waals surface area contributed by atoms with E-state index >= 15 is 0 Å². The van der Waals surface area contributed by atoms with Gasteiger partial charge in [-0.3, -0.25) is 4.79 Å². The number of morpholine rings is 1. The predicted octanol–water partition coefficient (Wildman–Crippen LogP) is 1.62. The highest BCUT2D eigenvalue weighted by Gasteiger charge is 2.17. The van der Waals surface area contributed by atoms with Crippen LogP contribution < -0.4 is 15.1 Å². The van der Waals surface area contributed by atoms with Crippen LogP contribution in [0.3, 0.4) is 0 Å². The van der Waals surface area contributed by atoms with E-state index in [1.165, 1.54) is 6.08 Å². The van der Waals surface area contributed by atoms with Gasteiger partial charge in [-0.2, -0.15) is 4.98 Å². The molecule has 8 heteroatoms. The van der Waals surface area contributed by atoms with E-state index in [2.05, 4.69) is 20.2 Å². The Morgan fingerprint density at radius 1 is 1.36 bits per heavy atom. The van der Waals surface area contributed by atoms with E-state index in [-0.39, 0.29) is 5.91 Å². The van der Waals surface area contributed by atoms with Gasteiger partial charge in [-0.1, -0.05) is 0 Å². The summed E-state index contributed by atoms with van der Waals surface area (Å²) in [5.41, 5.74) is 0.552. The molecule has 132 valence electrons. The van der Waals surface area contributed by atoms with Crippen LogP contribution in [0.25, 0.3) is 6.08 Å². The van der Waals surface area contributed by atoms with Gasteiger partial charge in [-0.15, -0.1) is 0 Å². The van der Waals surface area contributed by atoms with Crippen molar-refractivity contribution in [3.63, 3.8) is 0 Å². The lowest BCUT2D eigenvalue weighted by Crippen LogP contribution is -2.37. The van der Waals surface area contributed by atoms with Gasteiger partial charge < -0.3 is 24.3 Å². The Morgan fingerprint density at radius 3 is 2.84 bits per heavy atom. The van der Waals surface area contributed by atoms with Crippen molar-refractivity contribution < 1.29 is 13.9 Å². The van der Waals surface area contributed by atoms with Crippen molar-refractivity contribution in [3.05, 3.63) is 36.4 Å². The first kappa shape index (κ1) is 17.0. The number of rotatable bonds is 5. The molecule has 0 unspecified atom stereocenters. The predicted molar refractivity (Wildman–Crippen MR) is 95.8 cm³/mol. The Labute approximate surface area is 146 Å². The van der Waals surface area contributed by atoms with Gasteiger partial charge in [0.2, 0.25) is 11.9 Å². The number of anilines is 3. The van der Waals surface area contributed by atoms with Crippen LogP contribution in [-0.2, 0) is 9.53 Å². The molecular formula is C17H21N5O3. The second kappa shape index (κ2) is 7.80. The number of carbonyl (C=O) groups excluding carboxylic acids is 1. The summed E-state index contributed by atoms with van der Waals surface area (Å²) in [5.74, 6) is 1.62. The smallest absolute Gasteiger partial charge is 0.248 e. The van der Waals surface area contributed by atoms with Gasteiger partial charge >= 0.3 is 0 Å². The zero-order valence-electron chi connectivity index (χ0n) is 14.3. The van der Waals surface area contributed by atoms with Crippen LogP contribution in [0.1, 0.15) is 5.76 Å². The molecule has 3 rings (SSSR count). The molecule has 25 heavy (non-hydrogen) atoms. The van der Waals surface area contributed by atoms with Crippen LogP contribution in [0.2, 0.25) is 0 Å². The molecule has 1 N–H and O–H groups in total. The van der Waals surface area contributed by atoms with Crippen molar-refractivity contribution >= 4 is 29.4 Å². The summed E-state index contributed by atoms with van der Waals surface area (Å²) in [6.07, 6.45) is 6.20. The largest absolute Gasteiger partial charge is 0.465 e. The van der Waals surface area contributed by atoms with Gasteiger partial charge in [-0.25, -0.2) is 4.98 Å². The van der Waals surface area contributed by atoms with Gasteiger partial charge in [0.05, 0.1) is 25.7 Å². The summed E-state index contributed by atoms with van der Waals surface area (Å²) in [6.45, 7) is 2.84. The zero-order valence-corrected chi connectivity index (χ0v) is 14.3. The summed E-state index contributed by atoms with van der Waals surface area (Å²) in [6, 6.07) is 3.54. The normalized spacial score (nSPS) is 14.7. The Balaban J connectivity index is 1.74. The second-order valence-electron chi connectivity index (χ2n) is 5.74. The molecule has 1 fully saturated rings. The SMILES string of the molecule is CN(C)c1nc(N2CCOCC2)ncc1NC(=O)/C=C/c1ccco1. The molecule has 3 heterocycles. The van der Waals surface area contributed by atoms with E-state index in [4.69, 9.17) is 9.15 Å². The maximum atomic E-state index is 12.1. The van der Waals surface area contributed by atoms with Gasteiger partial charge in [0.15, 0.2) is 5.82 Å². The van der Waals surface area contributed by atoms with E-state index in [1.807, 2.05) is 19.0 Å². The van der Waals surface area contributed by atoms with Gasteiger partial charge in [-0.05, 0) is 18.2 Å². The maximum Gasteiger partial charge on any atom is 0.248 e. The summed E-state index contributed by atoms with van der Waals surface area (Å²) in [5, 5.41) is 2.81. The van der Waals surface area contributed by atoms with Crippen LogP contribution in [0, 0.1) is 0 Å². The average Bonchev–Trinajstić information content (AvgIpc) is 3.14. The Kier molecular flexibility index (Phi) is 5.30. The zero-order chi connectivity index (χ0) is 17.6. The van der Waals surface area contributed by atoms with Crippen LogP contribution in [-0.4, -0.2) is 56.3 Å². The number of hydrogen-bond donors (Lipinski definition) is 1. The van der Waals surface area contributed by atoms with E-state index in [0.29, 0.717) is 36.4 Å². The molecule has 0 bridgehead atoms. The maximum absolute atomic E-state index is 12.1. The topological polar surface area (TPSA) is 83.7 Å². The number of nitrogens with zero attached hydrogens (tertiary/aromatic N) is 4. The molecule has 0 atom stereocenters. The second-order valence-corrected chi connectivity index (χ2v) is 5.74. The molecule has 1 aliphatic heterocycles. The minimum absolute atomic E-state index is 0.276. The molecule has 1 aliphatic rings. The summed E-state index contributed by atoms with van der Waals surface area (Å²) in [4.78, 5) is 25.0. The number of nitrogens with one attached hydrogen (secondary N) is 1. The third-order valence-corrected chi connectivity index (χ3v) is 3.67. The molecule has 0 saturated carbocycles. The van der Waals surface area contributed by atoms with Crippen molar-refractivity contribution in [3.8, 4) is 0 Å². The fourth-order valence-corrected chi connectivity index (χ4v) is 2.43. The first-order valence-electron chi connectivity index (χ1n) is 8.03. The third kappa shape index (κ3) is 4.36. The quantitative estimate of drug-likeness (QED) is 0.826. The molecule has 1 saturated heterocycles. The summed E-state index contributed by atoms with van der Waals surface area (Å²) in [7, 11) is 3.75. The first-order chi connectivity index (χ1) is 12.1. The minimum Gasteiger partial charge on any atom is -0.465 e. The first-order valence-corrected chi connectivity index (χ1v) is 8.03. The highest BCUT2D eigenvalue weighted by atomic mass is 16.5. The Hall–Kier alpha value is -2.87. The fraction of sp³-hybridized carbons (Fsp3) is 0.353. The van der Waals surface area contributed by atoms with E-state index in [0.717, 1.165) is 13.1 Å². The van der Waals surface area contributed by atoms with Crippen molar-refractivity contribution in [1.29, 1.82) is 0 Å². The van der Waals surface area contributed by atoms with E-state index < -0.39 is 0 Å². The molecule has 1 amide bonds. The van der Waals surface area contributed by atoms with Crippen molar-refractivity contribution in [2.24, 2.45) is 0 Å². The van der Waals surface area contributed by atoms with E-state index in [9.17, 15) is 4.79 Å². The number of amides is 1. The number of hydrogen-bond acceptors (Lipinski definition) is 7. The van der Waals surface area contributed by atoms with Gasteiger partial charge in [0.25, 0.3) is 0 Å². The molecule has 2 aromatic rings. The third-order valence-electron chi connectivity index (χ3n) is 3.67. The number of aromatic nitrogens is 2.